The van der Waals surface area contributed by atoms with Gasteiger partial charge in [0.15, 0.2) is 0 Å². The summed E-state index contributed by atoms with van der Waals surface area (Å²) >= 11 is 0. The van der Waals surface area contributed by atoms with Gasteiger partial charge < -0.3 is 10.6 Å². The monoisotopic (exact) mass is 1020 g/mol. The number of rotatable bonds is 44. The topological polar surface area (TPSA) is 82.9 Å². The van der Waals surface area contributed by atoms with Crippen molar-refractivity contribution in [1.29, 1.82) is 0 Å². The van der Waals surface area contributed by atoms with Crippen LogP contribution in [0.15, 0.2) is 107 Å². The predicted molar refractivity (Wildman–Crippen MR) is 328 cm³/mol. The summed E-state index contributed by atoms with van der Waals surface area (Å²) < 4.78 is 0. The fraction of sp³-hybridized carbons (Fsp3) is 0.623. The van der Waals surface area contributed by atoms with Crippen LogP contribution >= 0.6 is 0 Å². The molecule has 0 radical (unpaired) electrons. The van der Waals surface area contributed by atoms with Crippen molar-refractivity contribution >= 4 is 46.0 Å². The Morgan fingerprint density at radius 2 is 0.573 bits per heavy atom. The summed E-state index contributed by atoms with van der Waals surface area (Å²) in [7, 11) is 0. The molecule has 2 N–H and O–H groups in total. The number of carbonyl (C=O) groups is 2. The molecule has 4 rings (SSSR count). The second kappa shape index (κ2) is 41.6. The van der Waals surface area contributed by atoms with E-state index in [4.69, 9.17) is 9.98 Å². The number of anilines is 2. The molecule has 0 bridgehead atoms. The maximum Gasteiger partial charge on any atom is 0.227 e. The second-order valence-electron chi connectivity index (χ2n) is 22.3. The maximum atomic E-state index is 13.6. The molecule has 0 heterocycles. The summed E-state index contributed by atoms with van der Waals surface area (Å²) in [5.41, 5.74) is 7.67. The lowest BCUT2D eigenvalue weighted by Gasteiger charge is -2.17. The van der Waals surface area contributed by atoms with Crippen molar-refractivity contribution in [1.82, 2.24) is 0 Å². The van der Waals surface area contributed by atoms with Gasteiger partial charge in [0.05, 0.1) is 22.8 Å². The molecular formula is C69H106N4O2. The molecule has 1 aliphatic rings. The number of aliphatic imine (C=N–C) groups is 2. The van der Waals surface area contributed by atoms with Gasteiger partial charge in [-0.25, -0.2) is 9.98 Å². The highest BCUT2D eigenvalue weighted by Gasteiger charge is 2.20. The normalized spacial score (nSPS) is 12.3. The average Bonchev–Trinajstić information content (AvgIpc) is 3.42. The Labute approximate surface area is 459 Å². The van der Waals surface area contributed by atoms with Crippen molar-refractivity contribution in [3.63, 3.8) is 0 Å². The summed E-state index contributed by atoms with van der Waals surface area (Å²) in [6.07, 6.45) is 54.1. The summed E-state index contributed by atoms with van der Waals surface area (Å²) in [5.74, 6) is 0.530. The zero-order valence-electron chi connectivity index (χ0n) is 48.3. The Hall–Kier alpha value is -4.58. The van der Waals surface area contributed by atoms with Crippen molar-refractivity contribution in [2.45, 2.75) is 265 Å². The van der Waals surface area contributed by atoms with Crippen LogP contribution in [0.3, 0.4) is 0 Å². The molecule has 0 unspecified atom stereocenters. The predicted octanol–water partition coefficient (Wildman–Crippen LogP) is 21.5. The Bertz CT molecular complexity index is 1990. The number of benzene rings is 3. The zero-order valence-corrected chi connectivity index (χ0v) is 48.3. The quantitative estimate of drug-likeness (QED) is 0.0437. The van der Waals surface area contributed by atoms with E-state index < -0.39 is 0 Å². The molecule has 75 heavy (non-hydrogen) atoms. The van der Waals surface area contributed by atoms with Crippen molar-refractivity contribution in [3.05, 3.63) is 108 Å². The summed E-state index contributed by atoms with van der Waals surface area (Å²) in [4.78, 5) is 37.0. The number of allylic oxidation sites excluding steroid dienone is 4. The van der Waals surface area contributed by atoms with E-state index in [0.717, 1.165) is 92.0 Å². The van der Waals surface area contributed by atoms with Gasteiger partial charge in [0.1, 0.15) is 0 Å². The standard InChI is InChI=1S/C69H106N4O2/c1-5-9-13-17-21-25-29-33-37-60(38-34-30-26-22-18-14-10-6-2)68(74)72-66-47-43-59(44-48-66)57-58-41-45-62(46-42-58)70-63-49-51-64(52-50-63)71-65-53-55-67(56-54-65)73-69(75)61(39-35-31-27-23-19-15-11-7-3)40-36-32-28-24-20-16-12-8-4/h41-56,60-61H,5-40,57H2,1-4H3,(H,72,74)(H,73,75). The van der Waals surface area contributed by atoms with E-state index in [1.165, 1.54) is 191 Å². The van der Waals surface area contributed by atoms with Gasteiger partial charge in [-0.3, -0.25) is 9.59 Å². The Kier molecular flexibility index (Phi) is 34.9. The Morgan fingerprint density at radius 1 is 0.333 bits per heavy atom. The van der Waals surface area contributed by atoms with Crippen LogP contribution in [0.1, 0.15) is 270 Å². The van der Waals surface area contributed by atoms with Crippen LogP contribution in [0, 0.1) is 11.8 Å². The lowest BCUT2D eigenvalue weighted by molar-refractivity contribution is -0.121. The van der Waals surface area contributed by atoms with E-state index >= 15 is 0 Å². The summed E-state index contributed by atoms with van der Waals surface area (Å²) in [5, 5.41) is 6.55. The smallest absolute Gasteiger partial charge is 0.227 e. The molecule has 0 atom stereocenters. The number of hydrogen-bond acceptors (Lipinski definition) is 4. The van der Waals surface area contributed by atoms with Gasteiger partial charge in [-0.2, -0.15) is 0 Å². The van der Waals surface area contributed by atoms with Crippen LogP contribution in [-0.4, -0.2) is 23.2 Å². The third-order valence-electron chi connectivity index (χ3n) is 15.4. The average molecular weight is 1020 g/mol. The van der Waals surface area contributed by atoms with E-state index in [-0.39, 0.29) is 23.7 Å². The summed E-state index contributed by atoms with van der Waals surface area (Å²) in [6.45, 7) is 9.10. The first-order valence-electron chi connectivity index (χ1n) is 31.3. The van der Waals surface area contributed by atoms with Crippen LogP contribution in [-0.2, 0) is 16.0 Å². The molecule has 0 saturated heterocycles. The minimum absolute atomic E-state index is 0.0730. The highest BCUT2D eigenvalue weighted by Crippen LogP contribution is 2.26. The van der Waals surface area contributed by atoms with Crippen molar-refractivity contribution in [2.75, 3.05) is 10.6 Å². The first-order valence-corrected chi connectivity index (χ1v) is 31.3. The van der Waals surface area contributed by atoms with Crippen LogP contribution < -0.4 is 10.6 Å². The van der Waals surface area contributed by atoms with E-state index in [1.807, 2.05) is 48.6 Å². The number of carbonyl (C=O) groups excluding carboxylic acids is 2. The Morgan fingerprint density at radius 3 is 0.867 bits per heavy atom. The van der Waals surface area contributed by atoms with Gasteiger partial charge in [0, 0.05) is 23.2 Å². The third kappa shape index (κ3) is 29.5. The van der Waals surface area contributed by atoms with E-state index in [1.54, 1.807) is 0 Å². The van der Waals surface area contributed by atoms with Crippen molar-refractivity contribution < 1.29 is 9.59 Å². The van der Waals surface area contributed by atoms with Gasteiger partial charge in [0.2, 0.25) is 11.8 Å². The van der Waals surface area contributed by atoms with Gasteiger partial charge in [-0.05, 0) is 116 Å². The third-order valence-corrected chi connectivity index (χ3v) is 15.4. The molecule has 1 aliphatic carbocycles. The second-order valence-corrected chi connectivity index (χ2v) is 22.3. The van der Waals surface area contributed by atoms with E-state index in [0.29, 0.717) is 0 Å². The molecule has 0 aromatic heterocycles. The van der Waals surface area contributed by atoms with Crippen LogP contribution in [0.5, 0.6) is 0 Å². The molecule has 6 heteroatoms. The van der Waals surface area contributed by atoms with Crippen LogP contribution in [0.4, 0.5) is 22.7 Å². The molecule has 0 saturated carbocycles. The molecule has 6 nitrogen and oxygen atoms in total. The van der Waals surface area contributed by atoms with Gasteiger partial charge >= 0.3 is 0 Å². The number of nitrogens with one attached hydrogen (secondary N) is 2. The molecule has 0 spiro atoms. The van der Waals surface area contributed by atoms with Gasteiger partial charge in [-0.15, -0.1) is 0 Å². The lowest BCUT2D eigenvalue weighted by atomic mass is 9.93. The highest BCUT2D eigenvalue weighted by molar-refractivity contribution is 6.19. The largest absolute Gasteiger partial charge is 0.326 e. The molecule has 414 valence electrons. The number of amides is 2. The minimum Gasteiger partial charge on any atom is -0.326 e. The first kappa shape index (κ1) is 63.0. The molecule has 0 aliphatic heterocycles. The number of unbranched alkanes of at least 4 members (excludes halogenated alkanes) is 28. The van der Waals surface area contributed by atoms with Crippen LogP contribution in [0.2, 0.25) is 0 Å². The van der Waals surface area contributed by atoms with E-state index in [2.05, 4.69) is 86.9 Å². The van der Waals surface area contributed by atoms with Crippen molar-refractivity contribution in [2.24, 2.45) is 21.8 Å². The maximum absolute atomic E-state index is 13.6. The SMILES string of the molecule is CCCCCCCCCCC(CCCCCCCCCC)C(=O)Nc1ccc(Cc2ccc(N=C3C=CC(=Nc4ccc(NC(=O)C(CCCCCCCCCC)CCCCCCCCCC)cc4)C=C3)cc2)cc1. The molecular weight excluding hydrogens is 917 g/mol. The first-order chi connectivity index (χ1) is 36.9. The lowest BCUT2D eigenvalue weighted by Crippen LogP contribution is -2.23. The van der Waals surface area contributed by atoms with Crippen LogP contribution in [0.25, 0.3) is 0 Å². The van der Waals surface area contributed by atoms with Gasteiger partial charge in [0.25, 0.3) is 0 Å². The fourth-order valence-electron chi connectivity index (χ4n) is 10.5. The van der Waals surface area contributed by atoms with E-state index in [9.17, 15) is 9.59 Å². The zero-order chi connectivity index (χ0) is 53.2. The molecule has 3 aromatic rings. The molecule has 3 aromatic carbocycles. The Balaban J connectivity index is 1.22. The minimum atomic E-state index is 0.0730. The number of hydrogen-bond donors (Lipinski definition) is 2. The highest BCUT2D eigenvalue weighted by atomic mass is 16.2. The summed E-state index contributed by atoms with van der Waals surface area (Å²) in [6, 6.07) is 24.8. The number of nitrogens with zero attached hydrogens (tertiary/aromatic N) is 2. The fourth-order valence-corrected chi connectivity index (χ4v) is 10.5. The van der Waals surface area contributed by atoms with Gasteiger partial charge in [-0.1, -0.05) is 257 Å². The molecule has 0 fully saturated rings. The van der Waals surface area contributed by atoms with Crippen molar-refractivity contribution in [3.8, 4) is 0 Å². The molecule has 2 amide bonds.